The number of amides is 2. The molecule has 3 aromatic rings. The fraction of sp³-hybridized carbons (Fsp3) is 0.364. The van der Waals surface area contributed by atoms with Gasteiger partial charge in [-0.15, -0.1) is 0 Å². The highest BCUT2D eigenvalue weighted by Gasteiger charge is 2.41. The highest BCUT2D eigenvalue weighted by molar-refractivity contribution is 7.22. The predicted octanol–water partition coefficient (Wildman–Crippen LogP) is 5.65. The lowest BCUT2D eigenvalue weighted by molar-refractivity contribution is -0.00426. The predicted molar refractivity (Wildman–Crippen MR) is 117 cm³/mol. The number of ether oxygens (including phenoxy) is 1. The van der Waals surface area contributed by atoms with Gasteiger partial charge in [0.2, 0.25) is 0 Å². The normalized spacial score (nSPS) is 17.8. The minimum Gasteiger partial charge on any atom is -0.485 e. The van der Waals surface area contributed by atoms with E-state index in [1.165, 1.54) is 22.5 Å². The summed E-state index contributed by atoms with van der Waals surface area (Å²) in [5.41, 5.74) is 3.06. The van der Waals surface area contributed by atoms with Crippen molar-refractivity contribution in [2.45, 2.75) is 38.2 Å². The van der Waals surface area contributed by atoms with Gasteiger partial charge in [-0.05, 0) is 49.1 Å². The van der Waals surface area contributed by atoms with E-state index in [9.17, 15) is 4.79 Å². The molecule has 0 radical (unpaired) electrons. The number of urea groups is 1. The zero-order valence-corrected chi connectivity index (χ0v) is 17.8. The molecule has 7 heteroatoms. The van der Waals surface area contributed by atoms with E-state index in [4.69, 9.17) is 16.3 Å². The van der Waals surface area contributed by atoms with Gasteiger partial charge in [-0.3, -0.25) is 5.32 Å². The van der Waals surface area contributed by atoms with Crippen LogP contribution in [0.15, 0.2) is 36.4 Å². The van der Waals surface area contributed by atoms with E-state index >= 15 is 0 Å². The minimum atomic E-state index is -0.220. The molecule has 0 bridgehead atoms. The minimum absolute atomic E-state index is 0.0927. The second-order valence-electron chi connectivity index (χ2n) is 7.92. The maximum atomic E-state index is 12.8. The van der Waals surface area contributed by atoms with Crippen molar-refractivity contribution in [1.29, 1.82) is 0 Å². The van der Waals surface area contributed by atoms with Crippen molar-refractivity contribution in [3.8, 4) is 5.75 Å². The molecule has 3 heterocycles. The molecule has 2 aromatic carbocycles. The second-order valence-corrected chi connectivity index (χ2v) is 9.36. The molecular formula is C22H22ClN3O2S. The number of fused-ring (bicyclic) bond motifs is 2. The van der Waals surface area contributed by atoms with Crippen LogP contribution in [-0.4, -0.2) is 34.6 Å². The van der Waals surface area contributed by atoms with Crippen LogP contribution in [0.25, 0.3) is 10.2 Å². The molecule has 1 spiro atoms. The Kier molecular flexibility index (Phi) is 4.63. The summed E-state index contributed by atoms with van der Waals surface area (Å²) in [5.74, 6) is 0.822. The molecule has 1 fully saturated rings. The summed E-state index contributed by atoms with van der Waals surface area (Å²) in [6.45, 7) is 3.38. The van der Waals surface area contributed by atoms with Gasteiger partial charge in [0.05, 0.1) is 15.2 Å². The van der Waals surface area contributed by atoms with Gasteiger partial charge in [0, 0.05) is 25.9 Å². The SMILES string of the molecule is Cc1ccc2nc(NC(=O)N3CCC4(CCc5cccc(Cl)c5O4)CC3)sc2c1. The number of nitrogens with zero attached hydrogens (tertiary/aromatic N) is 2. The van der Waals surface area contributed by atoms with Gasteiger partial charge in [0.15, 0.2) is 5.13 Å². The number of carbonyl (C=O) groups is 1. The molecule has 150 valence electrons. The molecule has 0 aliphatic carbocycles. The Morgan fingerprint density at radius 2 is 2.07 bits per heavy atom. The standard InChI is InChI=1S/C22H22ClN3O2S/c1-14-5-6-17-18(13-14)29-20(24-17)25-21(27)26-11-9-22(10-12-26)8-7-15-3-2-4-16(23)19(15)28-22/h2-6,13H,7-12H2,1H3,(H,24,25,27). The lowest BCUT2D eigenvalue weighted by Gasteiger charge is -2.44. The van der Waals surface area contributed by atoms with E-state index in [1.54, 1.807) is 0 Å². The number of anilines is 1. The van der Waals surface area contributed by atoms with Crippen molar-refractivity contribution in [3.63, 3.8) is 0 Å². The molecule has 1 saturated heterocycles. The molecular weight excluding hydrogens is 406 g/mol. The van der Waals surface area contributed by atoms with Crippen LogP contribution < -0.4 is 10.1 Å². The van der Waals surface area contributed by atoms with Gasteiger partial charge in [-0.1, -0.05) is 41.1 Å². The lowest BCUT2D eigenvalue weighted by Crippen LogP contribution is -2.52. The Labute approximate surface area is 178 Å². The Balaban J connectivity index is 1.24. The highest BCUT2D eigenvalue weighted by atomic mass is 35.5. The smallest absolute Gasteiger partial charge is 0.323 e. The Morgan fingerprint density at radius 3 is 2.90 bits per heavy atom. The first-order chi connectivity index (χ1) is 14.0. The molecule has 0 saturated carbocycles. The number of hydrogen-bond donors (Lipinski definition) is 1. The number of hydrogen-bond acceptors (Lipinski definition) is 4. The number of aromatic nitrogens is 1. The van der Waals surface area contributed by atoms with Crippen LogP contribution in [0.1, 0.15) is 30.4 Å². The van der Waals surface area contributed by atoms with Gasteiger partial charge in [-0.25, -0.2) is 9.78 Å². The quantitative estimate of drug-likeness (QED) is 0.546. The van der Waals surface area contributed by atoms with Crippen molar-refractivity contribution in [1.82, 2.24) is 9.88 Å². The van der Waals surface area contributed by atoms with E-state index in [0.717, 1.165) is 41.6 Å². The van der Waals surface area contributed by atoms with Crippen molar-refractivity contribution in [3.05, 3.63) is 52.5 Å². The number of para-hydroxylation sites is 1. The van der Waals surface area contributed by atoms with Crippen LogP contribution in [-0.2, 0) is 6.42 Å². The molecule has 2 aliphatic rings. The van der Waals surface area contributed by atoms with Crippen LogP contribution in [0.4, 0.5) is 9.93 Å². The summed E-state index contributed by atoms with van der Waals surface area (Å²) in [4.78, 5) is 19.1. The summed E-state index contributed by atoms with van der Waals surface area (Å²) in [6, 6.07) is 12.0. The fourth-order valence-electron chi connectivity index (χ4n) is 4.22. The monoisotopic (exact) mass is 427 g/mol. The van der Waals surface area contributed by atoms with Gasteiger partial charge in [0.1, 0.15) is 11.4 Å². The third-order valence-corrected chi connectivity index (χ3v) is 7.17. The second kappa shape index (κ2) is 7.18. The van der Waals surface area contributed by atoms with E-state index in [1.807, 2.05) is 29.2 Å². The fourth-order valence-corrected chi connectivity index (χ4v) is 5.41. The van der Waals surface area contributed by atoms with E-state index in [-0.39, 0.29) is 11.6 Å². The first-order valence-corrected chi connectivity index (χ1v) is 11.1. The van der Waals surface area contributed by atoms with Crippen LogP contribution in [0, 0.1) is 6.92 Å². The number of likely N-dealkylation sites (tertiary alicyclic amines) is 1. The number of carbonyl (C=O) groups excluding carboxylic acids is 1. The maximum absolute atomic E-state index is 12.8. The first-order valence-electron chi connectivity index (χ1n) is 9.91. The van der Waals surface area contributed by atoms with Crippen LogP contribution in [0.3, 0.4) is 0 Å². The van der Waals surface area contributed by atoms with Crippen LogP contribution >= 0.6 is 22.9 Å². The van der Waals surface area contributed by atoms with Crippen molar-refractivity contribution in [2.75, 3.05) is 18.4 Å². The number of benzene rings is 2. The number of nitrogens with one attached hydrogen (secondary N) is 1. The maximum Gasteiger partial charge on any atom is 0.323 e. The molecule has 1 aromatic heterocycles. The molecule has 2 amide bonds. The lowest BCUT2D eigenvalue weighted by atomic mass is 9.83. The third kappa shape index (κ3) is 3.55. The van der Waals surface area contributed by atoms with Crippen LogP contribution in [0.2, 0.25) is 5.02 Å². The number of rotatable bonds is 1. The Morgan fingerprint density at radius 1 is 1.24 bits per heavy atom. The summed E-state index contributed by atoms with van der Waals surface area (Å²) >= 11 is 7.86. The zero-order chi connectivity index (χ0) is 20.0. The van der Waals surface area contributed by atoms with Gasteiger partial charge in [-0.2, -0.15) is 0 Å². The summed E-state index contributed by atoms with van der Waals surface area (Å²) < 4.78 is 7.48. The van der Waals surface area contributed by atoms with Gasteiger partial charge >= 0.3 is 6.03 Å². The topological polar surface area (TPSA) is 54.5 Å². The first kappa shape index (κ1) is 18.7. The Bertz CT molecular complexity index is 1090. The molecule has 0 unspecified atom stereocenters. The summed E-state index contributed by atoms with van der Waals surface area (Å²) in [7, 11) is 0. The molecule has 2 aliphatic heterocycles. The third-order valence-electron chi connectivity index (χ3n) is 5.94. The Hall–Kier alpha value is -2.31. The summed E-state index contributed by atoms with van der Waals surface area (Å²) in [5, 5.41) is 4.29. The van der Waals surface area contributed by atoms with E-state index in [0.29, 0.717) is 23.2 Å². The average molecular weight is 428 g/mol. The van der Waals surface area contributed by atoms with Crippen molar-refractivity contribution in [2.24, 2.45) is 0 Å². The van der Waals surface area contributed by atoms with E-state index < -0.39 is 0 Å². The number of halogens is 1. The molecule has 5 nitrogen and oxygen atoms in total. The van der Waals surface area contributed by atoms with Crippen molar-refractivity contribution >= 4 is 44.3 Å². The number of thiazole rings is 1. The highest BCUT2D eigenvalue weighted by Crippen LogP contribution is 2.42. The largest absolute Gasteiger partial charge is 0.485 e. The van der Waals surface area contributed by atoms with Gasteiger partial charge < -0.3 is 9.64 Å². The molecule has 5 rings (SSSR count). The number of piperidine rings is 1. The number of aryl methyl sites for hydroxylation is 2. The van der Waals surface area contributed by atoms with Crippen molar-refractivity contribution < 1.29 is 9.53 Å². The van der Waals surface area contributed by atoms with Gasteiger partial charge in [0.25, 0.3) is 0 Å². The molecule has 1 N–H and O–H groups in total. The molecule has 0 atom stereocenters. The summed E-state index contributed by atoms with van der Waals surface area (Å²) in [6.07, 6.45) is 3.55. The molecule has 29 heavy (non-hydrogen) atoms. The zero-order valence-electron chi connectivity index (χ0n) is 16.2. The van der Waals surface area contributed by atoms with Crippen LogP contribution in [0.5, 0.6) is 5.75 Å². The van der Waals surface area contributed by atoms with E-state index in [2.05, 4.69) is 29.4 Å². The average Bonchev–Trinajstić information content (AvgIpc) is 3.10.